The van der Waals surface area contributed by atoms with Crippen LogP contribution in [-0.2, 0) is 0 Å². The number of anilines is 1. The van der Waals surface area contributed by atoms with Crippen molar-refractivity contribution >= 4 is 5.69 Å². The van der Waals surface area contributed by atoms with Gasteiger partial charge in [-0.15, -0.1) is 0 Å². The lowest BCUT2D eigenvalue weighted by molar-refractivity contribution is 0.361. The summed E-state index contributed by atoms with van der Waals surface area (Å²) >= 11 is 0. The molecule has 2 rings (SSSR count). The van der Waals surface area contributed by atoms with Crippen molar-refractivity contribution in [2.24, 2.45) is 0 Å². The van der Waals surface area contributed by atoms with E-state index >= 15 is 0 Å². The lowest BCUT2D eigenvalue weighted by Crippen LogP contribution is -2.33. The summed E-state index contributed by atoms with van der Waals surface area (Å²) in [6.07, 6.45) is 3.83. The molecule has 4 nitrogen and oxygen atoms in total. The molecule has 1 aliphatic rings. The Balaban J connectivity index is 2.26. The summed E-state index contributed by atoms with van der Waals surface area (Å²) in [5.41, 5.74) is 6.08. The molecular weight excluding hydrogens is 178 g/mol. The monoisotopic (exact) mass is 193 g/mol. The van der Waals surface area contributed by atoms with Crippen molar-refractivity contribution in [3.8, 4) is 0 Å². The number of hydrogen-bond donors (Lipinski definition) is 2. The normalized spacial score (nSPS) is 18.3. The third-order valence-electron chi connectivity index (χ3n) is 2.67. The third kappa shape index (κ3) is 1.80. The average Bonchev–Trinajstić information content (AvgIpc) is 2.19. The smallest absolute Gasteiger partial charge is 0.252 e. The summed E-state index contributed by atoms with van der Waals surface area (Å²) in [7, 11) is 0. The van der Waals surface area contributed by atoms with Gasteiger partial charge in [-0.3, -0.25) is 4.79 Å². The largest absolute Gasteiger partial charge is 0.399 e. The first-order valence-corrected chi connectivity index (χ1v) is 4.96. The first kappa shape index (κ1) is 9.27. The lowest BCUT2D eigenvalue weighted by Gasteiger charge is -2.24. The van der Waals surface area contributed by atoms with Gasteiger partial charge < -0.3 is 15.6 Å². The minimum atomic E-state index is 0.0110. The molecule has 0 spiro atoms. The molecule has 2 heterocycles. The van der Waals surface area contributed by atoms with Gasteiger partial charge in [0.15, 0.2) is 0 Å². The van der Waals surface area contributed by atoms with Crippen molar-refractivity contribution in [3.63, 3.8) is 0 Å². The molecular formula is C10H15N3O. The minimum Gasteiger partial charge on any atom is -0.399 e. The fraction of sp³-hybridized carbons (Fsp3) is 0.500. The van der Waals surface area contributed by atoms with Gasteiger partial charge in [-0.05, 0) is 32.0 Å². The molecule has 0 unspecified atom stereocenters. The Morgan fingerprint density at radius 1 is 1.43 bits per heavy atom. The van der Waals surface area contributed by atoms with E-state index in [2.05, 4.69) is 5.32 Å². The van der Waals surface area contributed by atoms with Crippen molar-refractivity contribution in [1.82, 2.24) is 9.88 Å². The molecule has 0 aliphatic carbocycles. The molecule has 14 heavy (non-hydrogen) atoms. The standard InChI is InChI=1S/C10H15N3O/c11-8-3-6-13(10(14)7-8)9-1-4-12-5-2-9/h3,6-7,9,12H,1-2,4-5,11H2. The quantitative estimate of drug-likeness (QED) is 0.676. The second-order valence-electron chi connectivity index (χ2n) is 3.69. The molecule has 0 saturated carbocycles. The SMILES string of the molecule is Nc1ccn(C2CCNCC2)c(=O)c1. The number of nitrogens with zero attached hydrogens (tertiary/aromatic N) is 1. The fourth-order valence-electron chi connectivity index (χ4n) is 1.89. The Kier molecular flexibility index (Phi) is 2.54. The van der Waals surface area contributed by atoms with E-state index in [4.69, 9.17) is 5.73 Å². The fourth-order valence-corrected chi connectivity index (χ4v) is 1.89. The minimum absolute atomic E-state index is 0.0110. The van der Waals surface area contributed by atoms with E-state index in [9.17, 15) is 4.79 Å². The first-order valence-electron chi connectivity index (χ1n) is 4.96. The van der Waals surface area contributed by atoms with E-state index in [1.165, 1.54) is 6.07 Å². The predicted molar refractivity (Wildman–Crippen MR) is 56.3 cm³/mol. The number of nitrogens with one attached hydrogen (secondary N) is 1. The van der Waals surface area contributed by atoms with Gasteiger partial charge in [0.2, 0.25) is 0 Å². The molecule has 1 aromatic heterocycles. The zero-order valence-corrected chi connectivity index (χ0v) is 8.07. The van der Waals surface area contributed by atoms with Crippen molar-refractivity contribution in [2.75, 3.05) is 18.8 Å². The van der Waals surface area contributed by atoms with E-state index in [1.54, 1.807) is 16.8 Å². The Labute approximate surface area is 82.7 Å². The molecule has 0 aromatic carbocycles. The predicted octanol–water partition coefficient (Wildman–Crippen LogP) is 0.355. The van der Waals surface area contributed by atoms with E-state index in [-0.39, 0.29) is 5.56 Å². The van der Waals surface area contributed by atoms with E-state index < -0.39 is 0 Å². The van der Waals surface area contributed by atoms with Crippen LogP contribution in [0, 0.1) is 0 Å². The van der Waals surface area contributed by atoms with Crippen molar-refractivity contribution in [3.05, 3.63) is 28.7 Å². The molecule has 3 N–H and O–H groups in total. The van der Waals surface area contributed by atoms with Crippen LogP contribution in [0.15, 0.2) is 23.1 Å². The lowest BCUT2D eigenvalue weighted by atomic mass is 10.1. The second kappa shape index (κ2) is 3.84. The number of aromatic nitrogens is 1. The van der Waals surface area contributed by atoms with Crippen molar-refractivity contribution < 1.29 is 0 Å². The van der Waals surface area contributed by atoms with Crippen LogP contribution in [0.4, 0.5) is 5.69 Å². The highest BCUT2D eigenvalue weighted by atomic mass is 16.1. The topological polar surface area (TPSA) is 60.0 Å². The maximum Gasteiger partial charge on any atom is 0.252 e. The molecule has 1 fully saturated rings. The molecule has 0 bridgehead atoms. The zero-order chi connectivity index (χ0) is 9.97. The summed E-state index contributed by atoms with van der Waals surface area (Å²) in [4.78, 5) is 11.6. The Bertz CT molecular complexity index is 366. The van der Waals surface area contributed by atoms with E-state index in [1.807, 2.05) is 0 Å². The van der Waals surface area contributed by atoms with Crippen LogP contribution in [0.25, 0.3) is 0 Å². The average molecular weight is 193 g/mol. The number of piperidine rings is 1. The van der Waals surface area contributed by atoms with Crippen molar-refractivity contribution in [2.45, 2.75) is 18.9 Å². The Morgan fingerprint density at radius 2 is 2.14 bits per heavy atom. The highest BCUT2D eigenvalue weighted by Crippen LogP contribution is 2.16. The van der Waals surface area contributed by atoms with Crippen LogP contribution >= 0.6 is 0 Å². The molecule has 1 saturated heterocycles. The summed E-state index contributed by atoms with van der Waals surface area (Å²) < 4.78 is 1.79. The van der Waals surface area contributed by atoms with Crippen LogP contribution in [-0.4, -0.2) is 17.7 Å². The van der Waals surface area contributed by atoms with Crippen LogP contribution in [0.3, 0.4) is 0 Å². The number of nitrogen functional groups attached to an aromatic ring is 1. The first-order chi connectivity index (χ1) is 6.77. The molecule has 0 amide bonds. The maximum absolute atomic E-state index is 11.6. The Hall–Kier alpha value is -1.29. The zero-order valence-electron chi connectivity index (χ0n) is 8.07. The van der Waals surface area contributed by atoms with Crippen molar-refractivity contribution in [1.29, 1.82) is 0 Å². The third-order valence-corrected chi connectivity index (χ3v) is 2.67. The van der Waals surface area contributed by atoms with Crippen LogP contribution < -0.4 is 16.6 Å². The van der Waals surface area contributed by atoms with Gasteiger partial charge in [0.25, 0.3) is 5.56 Å². The van der Waals surface area contributed by atoms with E-state index in [0.717, 1.165) is 25.9 Å². The number of rotatable bonds is 1. The van der Waals surface area contributed by atoms with E-state index in [0.29, 0.717) is 11.7 Å². The van der Waals surface area contributed by atoms with Gasteiger partial charge >= 0.3 is 0 Å². The van der Waals surface area contributed by atoms with Gasteiger partial charge in [-0.2, -0.15) is 0 Å². The number of hydrogen-bond acceptors (Lipinski definition) is 3. The highest BCUT2D eigenvalue weighted by Gasteiger charge is 2.15. The summed E-state index contributed by atoms with van der Waals surface area (Å²) in [5, 5.41) is 3.28. The summed E-state index contributed by atoms with van der Waals surface area (Å²) in [6.45, 7) is 1.98. The molecule has 1 aliphatic heterocycles. The van der Waals surface area contributed by atoms with Crippen LogP contribution in [0.1, 0.15) is 18.9 Å². The van der Waals surface area contributed by atoms with Crippen LogP contribution in [0.2, 0.25) is 0 Å². The van der Waals surface area contributed by atoms with Gasteiger partial charge in [0.05, 0.1) is 0 Å². The second-order valence-corrected chi connectivity index (χ2v) is 3.69. The Morgan fingerprint density at radius 3 is 2.79 bits per heavy atom. The van der Waals surface area contributed by atoms with Gasteiger partial charge in [-0.1, -0.05) is 0 Å². The number of pyridine rings is 1. The molecule has 4 heteroatoms. The van der Waals surface area contributed by atoms with Gasteiger partial charge in [0, 0.05) is 24.0 Å². The number of nitrogens with two attached hydrogens (primary N) is 1. The molecule has 0 atom stereocenters. The molecule has 76 valence electrons. The maximum atomic E-state index is 11.6. The molecule has 1 aromatic rings. The van der Waals surface area contributed by atoms with Gasteiger partial charge in [0.1, 0.15) is 0 Å². The summed E-state index contributed by atoms with van der Waals surface area (Å²) in [6, 6.07) is 3.61. The van der Waals surface area contributed by atoms with Gasteiger partial charge in [-0.25, -0.2) is 0 Å². The summed E-state index contributed by atoms with van der Waals surface area (Å²) in [5.74, 6) is 0. The highest BCUT2D eigenvalue weighted by molar-refractivity contribution is 5.34. The molecule has 0 radical (unpaired) electrons. The van der Waals surface area contributed by atoms with Crippen LogP contribution in [0.5, 0.6) is 0 Å².